The molecule has 1 amide bonds. The van der Waals surface area contributed by atoms with Crippen LogP contribution in [0.1, 0.15) is 21.5 Å². The lowest BCUT2D eigenvalue weighted by atomic mass is 10.1. The largest absolute Gasteiger partial charge is 0.422 e. The maximum Gasteiger partial charge on any atom is 0.349 e. The topological polar surface area (TPSA) is 84.0 Å². The monoisotopic (exact) mass is 317 g/mol. The zero-order valence-corrected chi connectivity index (χ0v) is 12.4. The highest BCUT2D eigenvalue weighted by molar-refractivity contribution is 6.27. The Hall–Kier alpha value is -3.54. The van der Waals surface area contributed by atoms with E-state index in [9.17, 15) is 9.59 Å². The van der Waals surface area contributed by atoms with Crippen molar-refractivity contribution in [3.63, 3.8) is 0 Å². The van der Waals surface area contributed by atoms with Crippen molar-refractivity contribution in [2.45, 2.75) is 0 Å². The van der Waals surface area contributed by atoms with E-state index in [4.69, 9.17) is 4.42 Å². The molecule has 6 nitrogen and oxygen atoms in total. The van der Waals surface area contributed by atoms with Crippen LogP contribution < -0.4 is 10.9 Å². The number of benzene rings is 2. The third-order valence-electron chi connectivity index (χ3n) is 3.67. The Kier molecular flexibility index (Phi) is 3.28. The first-order chi connectivity index (χ1) is 11.7. The van der Waals surface area contributed by atoms with E-state index in [-0.39, 0.29) is 11.4 Å². The average Bonchev–Trinajstić information content (AvgIpc) is 2.93. The second kappa shape index (κ2) is 5.58. The number of fused-ring (bicyclic) bond motifs is 3. The number of carbonyl (C=O) groups excluding carboxylic acids is 1. The number of carbonyl (C=O) groups is 1. The second-order valence-electron chi connectivity index (χ2n) is 5.19. The fourth-order valence-corrected chi connectivity index (χ4v) is 2.60. The molecule has 0 spiro atoms. The molecule has 0 fully saturated rings. The van der Waals surface area contributed by atoms with E-state index >= 15 is 0 Å². The number of amides is 1. The Bertz CT molecular complexity index is 1070. The van der Waals surface area contributed by atoms with Gasteiger partial charge in [-0.3, -0.25) is 4.79 Å². The molecule has 0 aliphatic carbocycles. The van der Waals surface area contributed by atoms with Gasteiger partial charge in [0.05, 0.1) is 11.8 Å². The highest BCUT2D eigenvalue weighted by Gasteiger charge is 2.32. The summed E-state index contributed by atoms with van der Waals surface area (Å²) in [6.07, 6.45) is 1.57. The number of hydrogen-bond acceptors (Lipinski definition) is 5. The number of rotatable bonds is 2. The van der Waals surface area contributed by atoms with Gasteiger partial charge >= 0.3 is 5.63 Å². The van der Waals surface area contributed by atoms with Crippen LogP contribution in [0.5, 0.6) is 0 Å². The van der Waals surface area contributed by atoms with Crippen LogP contribution >= 0.6 is 0 Å². The molecule has 1 aliphatic heterocycles. The van der Waals surface area contributed by atoms with Gasteiger partial charge in [-0.1, -0.05) is 48.5 Å². The molecule has 2 aromatic carbocycles. The Morgan fingerprint density at radius 1 is 0.917 bits per heavy atom. The third-order valence-corrected chi connectivity index (χ3v) is 3.67. The molecule has 116 valence electrons. The van der Waals surface area contributed by atoms with Gasteiger partial charge < -0.3 is 9.73 Å². The number of amidine groups is 1. The highest BCUT2D eigenvalue weighted by atomic mass is 16.4. The quantitative estimate of drug-likeness (QED) is 0.447. The standard InChI is InChI=1S/C18H11N3O3/c22-17-15-14(12-8-4-5-9-13(12)24-18(15)23)16(20-17)21-19-10-11-6-2-1-3-7-11/h1-10H,(H,20,21,22)/b19-10+. The van der Waals surface area contributed by atoms with Gasteiger partial charge in [-0.15, -0.1) is 5.10 Å². The van der Waals surface area contributed by atoms with Gasteiger partial charge in [0.25, 0.3) is 5.91 Å². The van der Waals surface area contributed by atoms with Crippen LogP contribution in [0, 0.1) is 0 Å². The minimum atomic E-state index is -0.682. The molecule has 0 unspecified atom stereocenters. The van der Waals surface area contributed by atoms with Crippen molar-refractivity contribution in [2.24, 2.45) is 10.2 Å². The summed E-state index contributed by atoms with van der Waals surface area (Å²) in [4.78, 5) is 24.1. The molecule has 3 aromatic rings. The second-order valence-corrected chi connectivity index (χ2v) is 5.19. The average molecular weight is 317 g/mol. The third kappa shape index (κ3) is 2.30. The van der Waals surface area contributed by atoms with E-state index in [0.29, 0.717) is 16.5 Å². The summed E-state index contributed by atoms with van der Waals surface area (Å²) in [5.41, 5.74) is 0.985. The van der Waals surface area contributed by atoms with Crippen LogP contribution in [0.2, 0.25) is 0 Å². The fourth-order valence-electron chi connectivity index (χ4n) is 2.60. The van der Waals surface area contributed by atoms with Gasteiger partial charge in [0.1, 0.15) is 11.1 Å². The normalized spacial score (nSPS) is 15.2. The lowest BCUT2D eigenvalue weighted by molar-refractivity contribution is 0.0980. The Labute approximate surface area is 136 Å². The molecule has 0 saturated heterocycles. The molecule has 1 N–H and O–H groups in total. The van der Waals surface area contributed by atoms with Gasteiger partial charge in [0, 0.05) is 5.39 Å². The zero-order chi connectivity index (χ0) is 16.5. The smallest absolute Gasteiger partial charge is 0.349 e. The van der Waals surface area contributed by atoms with Crippen molar-refractivity contribution in [2.75, 3.05) is 0 Å². The summed E-state index contributed by atoms with van der Waals surface area (Å²) in [7, 11) is 0. The predicted octanol–water partition coefficient (Wildman–Crippen LogP) is 2.32. The van der Waals surface area contributed by atoms with E-state index in [1.807, 2.05) is 30.3 Å². The number of nitrogens with zero attached hydrogens (tertiary/aromatic N) is 2. The van der Waals surface area contributed by atoms with Crippen molar-refractivity contribution < 1.29 is 9.21 Å². The van der Waals surface area contributed by atoms with E-state index in [1.54, 1.807) is 30.5 Å². The molecule has 0 saturated carbocycles. The molecule has 0 radical (unpaired) electrons. The van der Waals surface area contributed by atoms with Crippen LogP contribution in [-0.2, 0) is 0 Å². The van der Waals surface area contributed by atoms with Gasteiger partial charge in [-0.05, 0) is 11.6 Å². The number of nitrogens with one attached hydrogen (secondary N) is 1. The predicted molar refractivity (Wildman–Crippen MR) is 90.5 cm³/mol. The van der Waals surface area contributed by atoms with E-state index in [0.717, 1.165) is 5.56 Å². The maximum absolute atomic E-state index is 12.1. The number of para-hydroxylation sites is 1. The summed E-state index contributed by atoms with van der Waals surface area (Å²) < 4.78 is 5.19. The molecule has 2 heterocycles. The summed E-state index contributed by atoms with van der Waals surface area (Å²) in [5, 5.41) is 11.3. The van der Waals surface area contributed by atoms with Crippen molar-refractivity contribution in [3.05, 3.63) is 81.7 Å². The highest BCUT2D eigenvalue weighted by Crippen LogP contribution is 2.23. The first kappa shape index (κ1) is 14.1. The molecular formula is C18H11N3O3. The van der Waals surface area contributed by atoms with Crippen LogP contribution in [0.25, 0.3) is 11.0 Å². The van der Waals surface area contributed by atoms with Crippen molar-refractivity contribution in [1.82, 2.24) is 5.32 Å². The molecule has 1 aliphatic rings. The Morgan fingerprint density at radius 3 is 2.50 bits per heavy atom. The first-order valence-corrected chi connectivity index (χ1v) is 7.28. The maximum atomic E-state index is 12.1. The lowest BCUT2D eigenvalue weighted by Crippen LogP contribution is -2.22. The van der Waals surface area contributed by atoms with E-state index in [1.165, 1.54) is 0 Å². The summed E-state index contributed by atoms with van der Waals surface area (Å²) in [6.45, 7) is 0. The first-order valence-electron chi connectivity index (χ1n) is 7.28. The van der Waals surface area contributed by atoms with Crippen molar-refractivity contribution in [3.8, 4) is 0 Å². The minimum absolute atomic E-state index is 0.0395. The van der Waals surface area contributed by atoms with Crippen LogP contribution in [0.3, 0.4) is 0 Å². The van der Waals surface area contributed by atoms with E-state index < -0.39 is 11.5 Å². The molecule has 0 bridgehead atoms. The van der Waals surface area contributed by atoms with Crippen LogP contribution in [0.15, 0.2) is 74.0 Å². The molecule has 0 atom stereocenters. The van der Waals surface area contributed by atoms with Gasteiger partial charge in [0.2, 0.25) is 0 Å². The molecule has 1 aromatic heterocycles. The van der Waals surface area contributed by atoms with Crippen molar-refractivity contribution >= 4 is 28.9 Å². The summed E-state index contributed by atoms with van der Waals surface area (Å²) >= 11 is 0. The summed E-state index contributed by atoms with van der Waals surface area (Å²) in [5.74, 6) is -0.288. The zero-order valence-electron chi connectivity index (χ0n) is 12.4. The van der Waals surface area contributed by atoms with Crippen molar-refractivity contribution in [1.29, 1.82) is 0 Å². The van der Waals surface area contributed by atoms with Gasteiger partial charge in [-0.25, -0.2) is 4.79 Å². The van der Waals surface area contributed by atoms with Gasteiger partial charge in [-0.2, -0.15) is 5.10 Å². The molecule has 4 rings (SSSR count). The summed E-state index contributed by atoms with van der Waals surface area (Å²) in [6, 6.07) is 16.5. The minimum Gasteiger partial charge on any atom is -0.422 e. The lowest BCUT2D eigenvalue weighted by Gasteiger charge is -2.01. The molecule has 24 heavy (non-hydrogen) atoms. The SMILES string of the molecule is O=C1N/C(=N\N=C\c2ccccc2)c2c1c(=O)oc1ccccc21. The fraction of sp³-hybridized carbons (Fsp3) is 0. The molecular weight excluding hydrogens is 306 g/mol. The Balaban J connectivity index is 1.85. The molecule has 6 heteroatoms. The van der Waals surface area contributed by atoms with Gasteiger partial charge in [0.15, 0.2) is 5.84 Å². The van der Waals surface area contributed by atoms with Crippen LogP contribution in [0.4, 0.5) is 0 Å². The van der Waals surface area contributed by atoms with E-state index in [2.05, 4.69) is 15.5 Å². The Morgan fingerprint density at radius 2 is 1.67 bits per heavy atom. The number of hydrogen-bond donors (Lipinski definition) is 1. The van der Waals surface area contributed by atoms with Crippen LogP contribution in [-0.4, -0.2) is 18.0 Å².